The van der Waals surface area contributed by atoms with E-state index in [2.05, 4.69) is 20.1 Å². The number of carbonyl (C=O) groups is 1. The van der Waals surface area contributed by atoms with E-state index in [0.29, 0.717) is 41.8 Å². The highest BCUT2D eigenvalue weighted by molar-refractivity contribution is 6.32. The second-order valence-corrected chi connectivity index (χ2v) is 8.83. The summed E-state index contributed by atoms with van der Waals surface area (Å²) in [7, 11) is 3.40. The van der Waals surface area contributed by atoms with Gasteiger partial charge in [0.05, 0.1) is 17.7 Å². The lowest BCUT2D eigenvalue weighted by Crippen LogP contribution is -2.22. The second kappa shape index (κ2) is 9.87. The Morgan fingerprint density at radius 3 is 2.63 bits per heavy atom. The molecule has 10 heteroatoms. The van der Waals surface area contributed by atoms with Crippen molar-refractivity contribution in [3.8, 4) is 16.9 Å². The molecule has 0 bridgehead atoms. The SMILES string of the molecule is CCOc1c(CCn2nc(C)c3c(N)ncnc32)cc(Cl)c(C)c1-c1ccc(C(=O)N(C)C)nc1. The van der Waals surface area contributed by atoms with Crippen LogP contribution in [0, 0.1) is 13.8 Å². The third-order valence-electron chi connectivity index (χ3n) is 5.85. The van der Waals surface area contributed by atoms with Gasteiger partial charge in [0.15, 0.2) is 5.65 Å². The van der Waals surface area contributed by atoms with E-state index >= 15 is 0 Å². The number of halogens is 1. The van der Waals surface area contributed by atoms with E-state index in [1.54, 1.807) is 26.4 Å². The lowest BCUT2D eigenvalue weighted by atomic mass is 9.95. The first-order chi connectivity index (χ1) is 16.7. The van der Waals surface area contributed by atoms with Crippen LogP contribution in [-0.2, 0) is 13.0 Å². The summed E-state index contributed by atoms with van der Waals surface area (Å²) in [6.07, 6.45) is 3.73. The molecule has 1 aromatic carbocycles. The molecular weight excluding hydrogens is 466 g/mol. The molecule has 9 nitrogen and oxygen atoms in total. The van der Waals surface area contributed by atoms with Crippen LogP contribution in [-0.4, -0.2) is 56.2 Å². The maximum Gasteiger partial charge on any atom is 0.271 e. The minimum absolute atomic E-state index is 0.156. The first-order valence-corrected chi connectivity index (χ1v) is 11.7. The number of pyridine rings is 1. The zero-order chi connectivity index (χ0) is 25.3. The Labute approximate surface area is 208 Å². The predicted octanol–water partition coefficient (Wildman–Crippen LogP) is 4.08. The lowest BCUT2D eigenvalue weighted by Gasteiger charge is -2.19. The molecule has 4 rings (SSSR count). The minimum Gasteiger partial charge on any atom is -0.493 e. The Balaban J connectivity index is 1.74. The molecule has 35 heavy (non-hydrogen) atoms. The number of aryl methyl sites for hydroxylation is 3. The summed E-state index contributed by atoms with van der Waals surface area (Å²) < 4.78 is 7.97. The van der Waals surface area contributed by atoms with Crippen LogP contribution in [0.1, 0.15) is 34.2 Å². The fourth-order valence-electron chi connectivity index (χ4n) is 4.11. The predicted molar refractivity (Wildman–Crippen MR) is 137 cm³/mol. The van der Waals surface area contributed by atoms with E-state index in [1.807, 2.05) is 37.6 Å². The van der Waals surface area contributed by atoms with Crippen molar-refractivity contribution in [3.05, 3.63) is 58.3 Å². The molecule has 0 unspecified atom stereocenters. The van der Waals surface area contributed by atoms with Crippen molar-refractivity contribution in [3.63, 3.8) is 0 Å². The van der Waals surface area contributed by atoms with Gasteiger partial charge in [-0.1, -0.05) is 17.7 Å². The Morgan fingerprint density at radius 1 is 1.20 bits per heavy atom. The fraction of sp³-hybridized carbons (Fsp3) is 0.320. The molecule has 1 amide bonds. The van der Waals surface area contributed by atoms with Crippen molar-refractivity contribution in [2.45, 2.75) is 33.7 Å². The molecule has 0 saturated heterocycles. The molecule has 4 aromatic rings. The molecule has 0 aliphatic heterocycles. The molecular formula is C25H28ClN7O2. The van der Waals surface area contributed by atoms with E-state index in [4.69, 9.17) is 22.1 Å². The smallest absolute Gasteiger partial charge is 0.271 e. The molecule has 0 fully saturated rings. The number of aromatic nitrogens is 5. The van der Waals surface area contributed by atoms with Gasteiger partial charge in [0, 0.05) is 43.0 Å². The zero-order valence-electron chi connectivity index (χ0n) is 20.5. The normalized spacial score (nSPS) is 11.1. The molecule has 3 aromatic heterocycles. The van der Waals surface area contributed by atoms with Crippen LogP contribution < -0.4 is 10.5 Å². The van der Waals surface area contributed by atoms with Crippen molar-refractivity contribution >= 4 is 34.4 Å². The van der Waals surface area contributed by atoms with Crippen molar-refractivity contribution in [2.24, 2.45) is 0 Å². The highest BCUT2D eigenvalue weighted by atomic mass is 35.5. The minimum atomic E-state index is -0.156. The van der Waals surface area contributed by atoms with Gasteiger partial charge in [0.2, 0.25) is 0 Å². The number of nitrogen functional groups attached to an aromatic ring is 1. The molecule has 0 aliphatic rings. The van der Waals surface area contributed by atoms with E-state index in [1.165, 1.54) is 11.2 Å². The number of fused-ring (bicyclic) bond motifs is 1. The number of anilines is 1. The van der Waals surface area contributed by atoms with Crippen LogP contribution in [0.25, 0.3) is 22.2 Å². The van der Waals surface area contributed by atoms with E-state index in [-0.39, 0.29) is 5.91 Å². The van der Waals surface area contributed by atoms with Crippen LogP contribution in [0.2, 0.25) is 5.02 Å². The molecule has 3 heterocycles. The van der Waals surface area contributed by atoms with Gasteiger partial charge in [-0.3, -0.25) is 9.78 Å². The average molecular weight is 494 g/mol. The van der Waals surface area contributed by atoms with Gasteiger partial charge in [-0.15, -0.1) is 0 Å². The maximum absolute atomic E-state index is 12.3. The van der Waals surface area contributed by atoms with E-state index < -0.39 is 0 Å². The van der Waals surface area contributed by atoms with Gasteiger partial charge >= 0.3 is 0 Å². The molecule has 0 atom stereocenters. The second-order valence-electron chi connectivity index (χ2n) is 8.43. The number of nitrogens with zero attached hydrogens (tertiary/aromatic N) is 6. The first kappa shape index (κ1) is 24.4. The lowest BCUT2D eigenvalue weighted by molar-refractivity contribution is 0.0822. The van der Waals surface area contributed by atoms with Crippen molar-refractivity contribution in [1.82, 2.24) is 29.6 Å². The third-order valence-corrected chi connectivity index (χ3v) is 6.24. The van der Waals surface area contributed by atoms with E-state index in [9.17, 15) is 4.79 Å². The summed E-state index contributed by atoms with van der Waals surface area (Å²) in [5.74, 6) is 1.000. The van der Waals surface area contributed by atoms with Gasteiger partial charge in [0.1, 0.15) is 23.6 Å². The van der Waals surface area contributed by atoms with E-state index in [0.717, 1.165) is 39.1 Å². The summed E-state index contributed by atoms with van der Waals surface area (Å²) in [6, 6.07) is 5.53. The van der Waals surface area contributed by atoms with Gasteiger partial charge in [-0.2, -0.15) is 5.10 Å². The monoisotopic (exact) mass is 493 g/mol. The summed E-state index contributed by atoms with van der Waals surface area (Å²) in [5.41, 5.74) is 11.4. The zero-order valence-corrected chi connectivity index (χ0v) is 21.2. The van der Waals surface area contributed by atoms with Crippen molar-refractivity contribution < 1.29 is 9.53 Å². The van der Waals surface area contributed by atoms with Crippen LogP contribution in [0.3, 0.4) is 0 Å². The van der Waals surface area contributed by atoms with Crippen LogP contribution in [0.4, 0.5) is 5.82 Å². The van der Waals surface area contributed by atoms with Crippen LogP contribution in [0.15, 0.2) is 30.7 Å². The summed E-state index contributed by atoms with van der Waals surface area (Å²) in [5, 5.41) is 6.00. The summed E-state index contributed by atoms with van der Waals surface area (Å²) >= 11 is 6.67. The number of rotatable bonds is 7. The van der Waals surface area contributed by atoms with Gasteiger partial charge in [-0.25, -0.2) is 14.6 Å². The number of hydrogen-bond donors (Lipinski definition) is 1. The molecule has 0 radical (unpaired) electrons. The van der Waals surface area contributed by atoms with Crippen molar-refractivity contribution in [2.75, 3.05) is 26.4 Å². The van der Waals surface area contributed by atoms with Gasteiger partial charge < -0.3 is 15.4 Å². The molecule has 0 aliphatic carbocycles. The van der Waals surface area contributed by atoms with Gasteiger partial charge in [0.25, 0.3) is 5.91 Å². The third kappa shape index (κ3) is 4.64. The Kier molecular flexibility index (Phi) is 6.88. The number of carbonyl (C=O) groups excluding carboxylic acids is 1. The fourth-order valence-corrected chi connectivity index (χ4v) is 4.34. The van der Waals surface area contributed by atoms with Crippen LogP contribution >= 0.6 is 11.6 Å². The molecule has 0 saturated carbocycles. The molecule has 182 valence electrons. The quantitative estimate of drug-likeness (QED) is 0.412. The van der Waals surface area contributed by atoms with Crippen LogP contribution in [0.5, 0.6) is 5.75 Å². The largest absolute Gasteiger partial charge is 0.493 e. The topological polar surface area (TPSA) is 112 Å². The summed E-state index contributed by atoms with van der Waals surface area (Å²) in [4.78, 5) is 26.6. The number of ether oxygens (including phenoxy) is 1. The number of hydrogen-bond acceptors (Lipinski definition) is 7. The standard InChI is InChI=1S/C25H28ClN7O2/c1-6-35-22-16(9-10-33-24-21(15(3)31-33)23(27)29-13-30-24)11-18(26)14(2)20(22)17-7-8-19(28-12-17)25(34)32(4)5/h7-8,11-13H,6,9-10H2,1-5H3,(H2,27,29,30). The Morgan fingerprint density at radius 2 is 1.97 bits per heavy atom. The molecule has 2 N–H and O–H groups in total. The number of benzene rings is 1. The van der Waals surface area contributed by atoms with Gasteiger partial charge in [-0.05, 0) is 50.5 Å². The molecule has 0 spiro atoms. The number of nitrogens with two attached hydrogens (primary N) is 1. The Bertz CT molecular complexity index is 1400. The van der Waals surface area contributed by atoms with Crippen molar-refractivity contribution in [1.29, 1.82) is 0 Å². The highest BCUT2D eigenvalue weighted by Gasteiger charge is 2.20. The average Bonchev–Trinajstić information content (AvgIpc) is 3.17. The maximum atomic E-state index is 12.3. The number of amides is 1. The Hall–Kier alpha value is -3.72. The first-order valence-electron chi connectivity index (χ1n) is 11.3. The summed E-state index contributed by atoms with van der Waals surface area (Å²) in [6.45, 7) is 6.82. The highest BCUT2D eigenvalue weighted by Crippen LogP contribution is 2.40.